The first-order valence-corrected chi connectivity index (χ1v) is 6.62. The summed E-state index contributed by atoms with van der Waals surface area (Å²) in [6.45, 7) is -1.61. The van der Waals surface area contributed by atoms with E-state index < -0.39 is 23.6 Å². The maximum atomic E-state index is 11.9. The van der Waals surface area contributed by atoms with Gasteiger partial charge in [0.2, 0.25) is 0 Å². The van der Waals surface area contributed by atoms with Gasteiger partial charge < -0.3 is 15.2 Å². The monoisotopic (exact) mass is 297 g/mol. The second kappa shape index (κ2) is 6.76. The molecule has 0 saturated heterocycles. The molecule has 0 aliphatic rings. The highest BCUT2D eigenvalue weighted by Gasteiger charge is 2.27. The Labute approximate surface area is 111 Å². The zero-order chi connectivity index (χ0) is 14.5. The highest BCUT2D eigenvalue weighted by Crippen LogP contribution is 2.23. The number of methoxy groups -OCH3 is 1. The Morgan fingerprint density at radius 1 is 1.37 bits per heavy atom. The molecule has 0 aliphatic heterocycles. The average molecular weight is 297 g/mol. The number of anilines is 1. The van der Waals surface area contributed by atoms with Gasteiger partial charge in [-0.1, -0.05) is 0 Å². The first-order valence-electron chi connectivity index (χ1n) is 5.30. The summed E-state index contributed by atoms with van der Waals surface area (Å²) in [5.74, 6) is 0.418. The van der Waals surface area contributed by atoms with Gasteiger partial charge in [-0.15, -0.1) is 0 Å². The summed E-state index contributed by atoms with van der Waals surface area (Å²) < 4.78 is 56.7. The molecule has 0 aromatic heterocycles. The molecule has 1 rings (SSSR count). The van der Waals surface area contributed by atoms with Crippen molar-refractivity contribution in [3.05, 3.63) is 18.2 Å². The van der Waals surface area contributed by atoms with Gasteiger partial charge in [0, 0.05) is 5.69 Å². The molecule has 1 aromatic rings. The van der Waals surface area contributed by atoms with Gasteiger partial charge in [0.15, 0.2) is 0 Å². The minimum Gasteiger partial charge on any atom is -0.497 e. The highest BCUT2D eigenvalue weighted by atomic mass is 32.2. The largest absolute Gasteiger partial charge is 0.497 e. The summed E-state index contributed by atoms with van der Waals surface area (Å²) in [7, 11) is -0.0834. The number of benzene rings is 1. The van der Waals surface area contributed by atoms with Gasteiger partial charge in [0.25, 0.3) is 0 Å². The highest BCUT2D eigenvalue weighted by molar-refractivity contribution is 7.85. The third-order valence-corrected chi connectivity index (χ3v) is 3.53. The molecular formula is C11H14F3NO3S. The Bertz CT molecular complexity index is 451. The van der Waals surface area contributed by atoms with E-state index in [4.69, 9.17) is 10.5 Å². The minimum atomic E-state index is -4.38. The van der Waals surface area contributed by atoms with Crippen LogP contribution in [-0.2, 0) is 15.5 Å². The third kappa shape index (κ3) is 5.48. The van der Waals surface area contributed by atoms with Gasteiger partial charge >= 0.3 is 6.18 Å². The van der Waals surface area contributed by atoms with E-state index in [0.717, 1.165) is 0 Å². The number of nitrogen functional groups attached to an aromatic ring is 1. The molecule has 1 atom stereocenters. The first kappa shape index (κ1) is 15.8. The van der Waals surface area contributed by atoms with E-state index in [0.29, 0.717) is 16.3 Å². The van der Waals surface area contributed by atoms with Crippen LogP contribution in [0.1, 0.15) is 0 Å². The van der Waals surface area contributed by atoms with Crippen molar-refractivity contribution < 1.29 is 26.9 Å². The lowest BCUT2D eigenvalue weighted by atomic mass is 10.3. The van der Waals surface area contributed by atoms with Crippen molar-refractivity contribution in [3.63, 3.8) is 0 Å². The summed E-state index contributed by atoms with van der Waals surface area (Å²) >= 11 is 0. The molecule has 19 heavy (non-hydrogen) atoms. The van der Waals surface area contributed by atoms with Gasteiger partial charge in [-0.2, -0.15) is 13.2 Å². The summed E-state index contributed by atoms with van der Waals surface area (Å²) in [6, 6.07) is 4.63. The number of rotatable bonds is 6. The average Bonchev–Trinajstić information content (AvgIpc) is 2.34. The van der Waals surface area contributed by atoms with Gasteiger partial charge in [0.1, 0.15) is 12.4 Å². The summed E-state index contributed by atoms with van der Waals surface area (Å²) in [6.07, 6.45) is -4.38. The Hall–Kier alpha value is -1.28. The smallest absolute Gasteiger partial charge is 0.411 e. The fraction of sp³-hybridized carbons (Fsp3) is 0.455. The first-order chi connectivity index (χ1) is 8.83. The standard InChI is InChI=1S/C11H14F3NO3S/c1-17-8-2-3-9(15)10(6-8)19(16)5-4-18-7-11(12,13)14/h2-3,6H,4-5,7,15H2,1H3. The van der Waals surface area contributed by atoms with Crippen LogP contribution < -0.4 is 10.5 Å². The third-order valence-electron chi connectivity index (χ3n) is 2.14. The van der Waals surface area contributed by atoms with Crippen LogP contribution in [0.4, 0.5) is 18.9 Å². The fourth-order valence-electron chi connectivity index (χ4n) is 1.27. The number of nitrogens with two attached hydrogens (primary N) is 1. The van der Waals surface area contributed by atoms with Crippen molar-refractivity contribution >= 4 is 16.5 Å². The van der Waals surface area contributed by atoms with E-state index >= 15 is 0 Å². The maximum absolute atomic E-state index is 11.9. The molecule has 0 radical (unpaired) electrons. The number of halogens is 3. The lowest BCUT2D eigenvalue weighted by Crippen LogP contribution is -2.19. The molecule has 1 unspecified atom stereocenters. The van der Waals surface area contributed by atoms with Crippen LogP contribution in [0, 0.1) is 0 Å². The van der Waals surface area contributed by atoms with E-state index in [1.165, 1.54) is 19.2 Å². The molecule has 0 fully saturated rings. The fourth-order valence-corrected chi connectivity index (χ4v) is 2.34. The van der Waals surface area contributed by atoms with Crippen molar-refractivity contribution in [2.45, 2.75) is 11.1 Å². The summed E-state index contributed by atoms with van der Waals surface area (Å²) in [5, 5.41) is 0. The lowest BCUT2D eigenvalue weighted by molar-refractivity contribution is -0.172. The van der Waals surface area contributed by atoms with Gasteiger partial charge in [-0.05, 0) is 18.2 Å². The Balaban J connectivity index is 2.54. The van der Waals surface area contributed by atoms with E-state index in [2.05, 4.69) is 4.74 Å². The molecule has 0 spiro atoms. The molecule has 0 amide bonds. The van der Waals surface area contributed by atoms with Crippen LogP contribution in [0.2, 0.25) is 0 Å². The van der Waals surface area contributed by atoms with Gasteiger partial charge in [0.05, 0.1) is 35.2 Å². The number of hydrogen-bond donors (Lipinski definition) is 1. The van der Waals surface area contributed by atoms with E-state index in [-0.39, 0.29) is 12.4 Å². The van der Waals surface area contributed by atoms with E-state index in [1.807, 2.05) is 0 Å². The van der Waals surface area contributed by atoms with Crippen LogP contribution >= 0.6 is 0 Å². The molecule has 0 bridgehead atoms. The van der Waals surface area contributed by atoms with Crippen molar-refractivity contribution in [1.29, 1.82) is 0 Å². The number of hydrogen-bond acceptors (Lipinski definition) is 4. The molecule has 0 saturated carbocycles. The van der Waals surface area contributed by atoms with Crippen LogP contribution in [0.5, 0.6) is 5.75 Å². The summed E-state index contributed by atoms with van der Waals surface area (Å²) in [5.41, 5.74) is 5.95. The molecular weight excluding hydrogens is 283 g/mol. The Morgan fingerprint density at radius 3 is 2.63 bits per heavy atom. The predicted molar refractivity (Wildman–Crippen MR) is 65.6 cm³/mol. The quantitative estimate of drug-likeness (QED) is 0.644. The van der Waals surface area contributed by atoms with Crippen molar-refractivity contribution in [2.75, 3.05) is 31.8 Å². The van der Waals surface area contributed by atoms with E-state index in [1.54, 1.807) is 6.07 Å². The molecule has 2 N–H and O–H groups in total. The lowest BCUT2D eigenvalue weighted by Gasteiger charge is -2.09. The van der Waals surface area contributed by atoms with Crippen LogP contribution in [-0.4, -0.2) is 36.5 Å². The zero-order valence-electron chi connectivity index (χ0n) is 10.2. The number of alkyl halides is 3. The predicted octanol–water partition coefficient (Wildman–Crippen LogP) is 1.96. The normalized spacial score (nSPS) is 13.3. The SMILES string of the molecule is COc1ccc(N)c(S(=O)CCOCC(F)(F)F)c1. The van der Waals surface area contributed by atoms with Gasteiger partial charge in [-0.3, -0.25) is 4.21 Å². The molecule has 1 aromatic carbocycles. The topological polar surface area (TPSA) is 61.5 Å². The second-order valence-electron chi connectivity index (χ2n) is 3.62. The molecule has 108 valence electrons. The number of ether oxygens (including phenoxy) is 2. The minimum absolute atomic E-state index is 0.0621. The molecule has 4 nitrogen and oxygen atoms in total. The van der Waals surface area contributed by atoms with Crippen LogP contribution in [0.25, 0.3) is 0 Å². The molecule has 8 heteroatoms. The second-order valence-corrected chi connectivity index (χ2v) is 5.16. The summed E-state index contributed by atoms with van der Waals surface area (Å²) in [4.78, 5) is 0.329. The van der Waals surface area contributed by atoms with Crippen molar-refractivity contribution in [3.8, 4) is 5.75 Å². The Kier molecular flexibility index (Phi) is 5.61. The van der Waals surface area contributed by atoms with Crippen molar-refractivity contribution in [1.82, 2.24) is 0 Å². The molecule has 0 aliphatic carbocycles. The van der Waals surface area contributed by atoms with Gasteiger partial charge in [-0.25, -0.2) is 0 Å². The van der Waals surface area contributed by atoms with Crippen LogP contribution in [0.3, 0.4) is 0 Å². The zero-order valence-corrected chi connectivity index (χ0v) is 11.0. The molecule has 0 heterocycles. The van der Waals surface area contributed by atoms with E-state index in [9.17, 15) is 17.4 Å². The Morgan fingerprint density at radius 2 is 2.05 bits per heavy atom. The van der Waals surface area contributed by atoms with Crippen LogP contribution in [0.15, 0.2) is 23.1 Å². The maximum Gasteiger partial charge on any atom is 0.411 e. The van der Waals surface area contributed by atoms with Crippen molar-refractivity contribution in [2.24, 2.45) is 0 Å².